The number of nitrogens with one attached hydrogen (secondary N) is 1. The van der Waals surface area contributed by atoms with Gasteiger partial charge < -0.3 is 10.1 Å². The first-order valence-corrected chi connectivity index (χ1v) is 11.1. The molecular weight excluding hydrogens is 378 g/mol. The summed E-state index contributed by atoms with van der Waals surface area (Å²) in [6, 6.07) is 15.5. The van der Waals surface area contributed by atoms with E-state index in [-0.39, 0.29) is 5.91 Å². The second-order valence-corrected chi connectivity index (χ2v) is 8.92. The molecule has 3 nitrogen and oxygen atoms in total. The third kappa shape index (κ3) is 4.12. The summed E-state index contributed by atoms with van der Waals surface area (Å²) in [5, 5.41) is 3.84. The highest BCUT2D eigenvalue weighted by Crippen LogP contribution is 2.41. The van der Waals surface area contributed by atoms with Crippen LogP contribution in [0.2, 0.25) is 5.02 Å². The molecule has 4 rings (SSSR count). The van der Waals surface area contributed by atoms with Crippen LogP contribution < -0.4 is 10.1 Å². The lowest BCUT2D eigenvalue weighted by molar-refractivity contribution is -0.122. The van der Waals surface area contributed by atoms with Crippen LogP contribution in [0.4, 0.5) is 5.69 Å². The standard InChI is InChI=1S/C22H24ClNO2S/c23-17-6-4-16(5-7-17)22(12-2-1-3-13-22)21(25)24-18-8-10-19(11-9-18)26-20-14-27-15-20/h4-11,20H,1-3,12-15H2,(H,24,25). The minimum Gasteiger partial charge on any atom is -0.489 e. The molecule has 142 valence electrons. The number of amides is 1. The lowest BCUT2D eigenvalue weighted by Crippen LogP contribution is -2.42. The van der Waals surface area contributed by atoms with Crippen molar-refractivity contribution >= 4 is 35.0 Å². The average molecular weight is 402 g/mol. The van der Waals surface area contributed by atoms with Gasteiger partial charge in [0.25, 0.3) is 0 Å². The number of thioether (sulfide) groups is 1. The van der Waals surface area contributed by atoms with Gasteiger partial charge in [-0.3, -0.25) is 4.79 Å². The van der Waals surface area contributed by atoms with Gasteiger partial charge in [0.15, 0.2) is 0 Å². The van der Waals surface area contributed by atoms with Crippen LogP contribution in [0.3, 0.4) is 0 Å². The minimum atomic E-state index is -0.471. The van der Waals surface area contributed by atoms with E-state index in [4.69, 9.17) is 16.3 Å². The molecule has 1 saturated carbocycles. The fraction of sp³-hybridized carbons (Fsp3) is 0.409. The molecule has 2 aromatic carbocycles. The maximum atomic E-state index is 13.3. The van der Waals surface area contributed by atoms with Crippen molar-refractivity contribution in [3.63, 3.8) is 0 Å². The van der Waals surface area contributed by atoms with Crippen LogP contribution in [0, 0.1) is 0 Å². The molecule has 1 aliphatic carbocycles. The molecule has 0 aromatic heterocycles. The fourth-order valence-corrected chi connectivity index (χ4v) is 4.60. The molecule has 0 atom stereocenters. The summed E-state index contributed by atoms with van der Waals surface area (Å²) in [6.45, 7) is 0. The Labute approximate surface area is 169 Å². The van der Waals surface area contributed by atoms with Gasteiger partial charge in [0, 0.05) is 22.2 Å². The highest BCUT2D eigenvalue weighted by atomic mass is 35.5. The molecule has 1 amide bonds. The molecule has 0 spiro atoms. The van der Waals surface area contributed by atoms with Gasteiger partial charge in [-0.1, -0.05) is 43.0 Å². The normalized spacial score (nSPS) is 19.1. The lowest BCUT2D eigenvalue weighted by atomic mass is 9.68. The number of benzene rings is 2. The molecule has 0 radical (unpaired) electrons. The molecule has 1 saturated heterocycles. The number of hydrogen-bond donors (Lipinski definition) is 1. The van der Waals surface area contributed by atoms with Gasteiger partial charge in [-0.25, -0.2) is 0 Å². The predicted octanol–water partition coefficient (Wildman–Crippen LogP) is 5.67. The van der Waals surface area contributed by atoms with Crippen molar-refractivity contribution in [3.8, 4) is 5.75 Å². The Morgan fingerprint density at radius 2 is 1.67 bits per heavy atom. The minimum absolute atomic E-state index is 0.0774. The van der Waals surface area contributed by atoms with E-state index in [1.165, 1.54) is 6.42 Å². The first-order valence-electron chi connectivity index (χ1n) is 9.58. The quantitative estimate of drug-likeness (QED) is 0.700. The molecule has 0 bridgehead atoms. The zero-order valence-corrected chi connectivity index (χ0v) is 16.8. The smallest absolute Gasteiger partial charge is 0.235 e. The van der Waals surface area contributed by atoms with Crippen LogP contribution in [0.25, 0.3) is 0 Å². The van der Waals surface area contributed by atoms with Gasteiger partial charge in [-0.05, 0) is 54.8 Å². The van der Waals surface area contributed by atoms with Crippen LogP contribution in [-0.4, -0.2) is 23.5 Å². The summed E-state index contributed by atoms with van der Waals surface area (Å²) >= 11 is 7.96. The number of halogens is 1. The maximum absolute atomic E-state index is 13.3. The lowest BCUT2D eigenvalue weighted by Gasteiger charge is -2.36. The predicted molar refractivity (Wildman–Crippen MR) is 113 cm³/mol. The van der Waals surface area contributed by atoms with Gasteiger partial charge in [-0.2, -0.15) is 11.8 Å². The number of rotatable bonds is 5. The average Bonchev–Trinajstić information content (AvgIpc) is 2.67. The third-order valence-corrected chi connectivity index (χ3v) is 7.03. The molecule has 1 N–H and O–H groups in total. The Kier molecular flexibility index (Phi) is 5.65. The summed E-state index contributed by atoms with van der Waals surface area (Å²) in [6.07, 6.45) is 5.41. The van der Waals surface area contributed by atoms with E-state index < -0.39 is 5.41 Å². The van der Waals surface area contributed by atoms with Crippen molar-refractivity contribution in [1.82, 2.24) is 0 Å². The second-order valence-electron chi connectivity index (χ2n) is 7.41. The van der Waals surface area contributed by atoms with Crippen molar-refractivity contribution in [3.05, 3.63) is 59.1 Å². The van der Waals surface area contributed by atoms with E-state index in [9.17, 15) is 4.79 Å². The summed E-state index contributed by atoms with van der Waals surface area (Å²) in [5.74, 6) is 3.06. The van der Waals surface area contributed by atoms with Crippen molar-refractivity contribution in [2.75, 3.05) is 16.8 Å². The summed E-state index contributed by atoms with van der Waals surface area (Å²) in [5.41, 5.74) is 1.40. The molecule has 5 heteroatoms. The Balaban J connectivity index is 1.50. The first-order chi connectivity index (χ1) is 13.2. The topological polar surface area (TPSA) is 38.3 Å². The molecule has 1 heterocycles. The van der Waals surface area contributed by atoms with Gasteiger partial charge >= 0.3 is 0 Å². The Morgan fingerprint density at radius 3 is 2.26 bits per heavy atom. The molecule has 2 fully saturated rings. The number of hydrogen-bond acceptors (Lipinski definition) is 3. The fourth-order valence-electron chi connectivity index (χ4n) is 3.91. The molecular formula is C22H24ClNO2S. The number of anilines is 1. The van der Waals surface area contributed by atoms with E-state index in [1.54, 1.807) is 0 Å². The molecule has 2 aromatic rings. The number of ether oxygens (including phenoxy) is 1. The molecule has 27 heavy (non-hydrogen) atoms. The number of carbonyl (C=O) groups excluding carboxylic acids is 1. The Bertz CT molecular complexity index is 781. The monoisotopic (exact) mass is 401 g/mol. The highest BCUT2D eigenvalue weighted by molar-refractivity contribution is 8.00. The van der Waals surface area contributed by atoms with E-state index in [2.05, 4.69) is 5.32 Å². The SMILES string of the molecule is O=C(Nc1ccc(OC2CSC2)cc1)C1(c2ccc(Cl)cc2)CCCCC1. The largest absolute Gasteiger partial charge is 0.489 e. The zero-order chi connectivity index (χ0) is 18.7. The zero-order valence-electron chi connectivity index (χ0n) is 15.2. The van der Waals surface area contributed by atoms with Crippen molar-refractivity contribution in [2.24, 2.45) is 0 Å². The Hall–Kier alpha value is -1.65. The van der Waals surface area contributed by atoms with Gasteiger partial charge in [0.2, 0.25) is 5.91 Å². The van der Waals surface area contributed by atoms with Crippen molar-refractivity contribution < 1.29 is 9.53 Å². The van der Waals surface area contributed by atoms with Crippen molar-refractivity contribution in [1.29, 1.82) is 0 Å². The van der Waals surface area contributed by atoms with Crippen molar-refractivity contribution in [2.45, 2.75) is 43.6 Å². The van der Waals surface area contributed by atoms with E-state index in [0.29, 0.717) is 11.1 Å². The molecule has 2 aliphatic rings. The Morgan fingerprint density at radius 1 is 1.00 bits per heavy atom. The number of carbonyl (C=O) groups is 1. The third-order valence-electron chi connectivity index (χ3n) is 5.56. The van der Waals surface area contributed by atoms with E-state index in [1.807, 2.05) is 60.3 Å². The molecule has 1 aliphatic heterocycles. The summed E-state index contributed by atoms with van der Waals surface area (Å²) in [4.78, 5) is 13.3. The van der Waals surface area contributed by atoms with Crippen LogP contribution in [0.1, 0.15) is 37.7 Å². The van der Waals surface area contributed by atoms with E-state index in [0.717, 1.165) is 54.2 Å². The van der Waals surface area contributed by atoms with Gasteiger partial charge in [0.05, 0.1) is 5.41 Å². The second kappa shape index (κ2) is 8.15. The molecule has 0 unspecified atom stereocenters. The summed E-state index contributed by atoms with van der Waals surface area (Å²) < 4.78 is 5.88. The highest BCUT2D eigenvalue weighted by Gasteiger charge is 2.41. The first kappa shape index (κ1) is 18.7. The summed E-state index contributed by atoms with van der Waals surface area (Å²) in [7, 11) is 0. The van der Waals surface area contributed by atoms with Crippen LogP contribution in [0.15, 0.2) is 48.5 Å². The van der Waals surface area contributed by atoms with Crippen LogP contribution >= 0.6 is 23.4 Å². The van der Waals surface area contributed by atoms with Gasteiger partial charge in [0.1, 0.15) is 11.9 Å². The maximum Gasteiger partial charge on any atom is 0.235 e. The van der Waals surface area contributed by atoms with Gasteiger partial charge in [-0.15, -0.1) is 0 Å². The van der Waals surface area contributed by atoms with E-state index >= 15 is 0 Å². The van der Waals surface area contributed by atoms with Crippen LogP contribution in [-0.2, 0) is 10.2 Å². The van der Waals surface area contributed by atoms with Crippen LogP contribution in [0.5, 0.6) is 5.75 Å².